The molecule has 1 nitrogen and oxygen atoms in total. The molecule has 0 spiro atoms. The van der Waals surface area contributed by atoms with Crippen molar-refractivity contribution in [2.75, 3.05) is 0 Å². The maximum absolute atomic E-state index is 6.36. The molecule has 1 atom stereocenters. The first-order chi connectivity index (χ1) is 15.1. The molecule has 162 valence electrons. The zero-order chi connectivity index (χ0) is 21.8. The summed E-state index contributed by atoms with van der Waals surface area (Å²) in [5.74, 6) is 1.02. The summed E-state index contributed by atoms with van der Waals surface area (Å²) >= 11 is 0. The highest BCUT2D eigenvalue weighted by molar-refractivity contribution is 7.28. The molecule has 31 heavy (non-hydrogen) atoms. The second-order valence-corrected chi connectivity index (χ2v) is 9.42. The van der Waals surface area contributed by atoms with Gasteiger partial charge in [0.25, 0.3) is 0 Å². The lowest BCUT2D eigenvalue weighted by molar-refractivity contribution is 0.304. The molecule has 0 amide bonds. The van der Waals surface area contributed by atoms with Crippen molar-refractivity contribution in [3.05, 3.63) is 81.9 Å². The second-order valence-electron chi connectivity index (χ2n) is 8.85. The second kappa shape index (κ2) is 10.0. The molecule has 0 heterocycles. The van der Waals surface area contributed by atoms with E-state index in [-0.39, 0.29) is 0 Å². The van der Waals surface area contributed by atoms with E-state index in [1.54, 1.807) is 0 Å². The smallest absolute Gasteiger partial charge is 0.123 e. The van der Waals surface area contributed by atoms with Crippen LogP contribution in [0, 0.1) is 6.92 Å². The molecule has 0 saturated heterocycles. The number of hydrogen-bond acceptors (Lipinski definition) is 1. The van der Waals surface area contributed by atoms with Gasteiger partial charge in [-0.05, 0) is 101 Å². The lowest BCUT2D eigenvalue weighted by Gasteiger charge is -2.19. The third kappa shape index (κ3) is 4.88. The Balaban J connectivity index is 1.58. The van der Waals surface area contributed by atoms with E-state index in [0.717, 1.165) is 25.0 Å². The highest BCUT2D eigenvalue weighted by Gasteiger charge is 2.13. The van der Waals surface area contributed by atoms with Crippen LogP contribution >= 0.6 is 9.24 Å². The monoisotopic (exact) mass is 430 g/mol. The number of fused-ring (bicyclic) bond motifs is 1. The van der Waals surface area contributed by atoms with Crippen LogP contribution in [0.2, 0.25) is 0 Å². The Morgan fingerprint density at radius 3 is 2.45 bits per heavy atom. The molecule has 3 aromatic carbocycles. The summed E-state index contributed by atoms with van der Waals surface area (Å²) < 4.78 is 6.36. The van der Waals surface area contributed by atoms with E-state index in [9.17, 15) is 0 Å². The van der Waals surface area contributed by atoms with Gasteiger partial charge in [-0.1, -0.05) is 62.7 Å². The van der Waals surface area contributed by atoms with E-state index in [1.807, 2.05) is 0 Å². The lowest BCUT2D eigenvalue weighted by atomic mass is 9.89. The molecule has 2 heteroatoms. The van der Waals surface area contributed by atoms with E-state index in [4.69, 9.17) is 4.74 Å². The average Bonchev–Trinajstić information content (AvgIpc) is 2.79. The van der Waals surface area contributed by atoms with Crippen LogP contribution in [-0.4, -0.2) is 0 Å². The van der Waals surface area contributed by atoms with Gasteiger partial charge in [0.2, 0.25) is 0 Å². The van der Waals surface area contributed by atoms with Gasteiger partial charge in [-0.3, -0.25) is 0 Å². The zero-order valence-electron chi connectivity index (χ0n) is 19.3. The van der Waals surface area contributed by atoms with Crippen LogP contribution in [0.5, 0.6) is 5.75 Å². The van der Waals surface area contributed by atoms with Gasteiger partial charge in [0.15, 0.2) is 0 Å². The van der Waals surface area contributed by atoms with Crippen molar-refractivity contribution in [2.45, 2.75) is 72.3 Å². The van der Waals surface area contributed by atoms with Gasteiger partial charge in [-0.15, -0.1) is 9.24 Å². The fourth-order valence-corrected chi connectivity index (χ4v) is 5.27. The van der Waals surface area contributed by atoms with Crippen molar-refractivity contribution in [3.8, 4) is 16.9 Å². The third-order valence-corrected chi connectivity index (χ3v) is 7.32. The molecule has 0 aliphatic heterocycles. The highest BCUT2D eigenvalue weighted by atomic mass is 31.0. The molecule has 1 aliphatic carbocycles. The Hall–Kier alpha value is -2.11. The molecule has 0 aromatic heterocycles. The summed E-state index contributed by atoms with van der Waals surface area (Å²) in [6.45, 7) is 7.23. The van der Waals surface area contributed by atoms with Crippen LogP contribution in [0.3, 0.4) is 0 Å². The number of ether oxygens (including phenoxy) is 1. The number of benzene rings is 3. The Morgan fingerprint density at radius 2 is 1.68 bits per heavy atom. The molecular formula is C29H35OP. The van der Waals surface area contributed by atoms with Crippen LogP contribution in [0.4, 0.5) is 0 Å². The zero-order valence-corrected chi connectivity index (χ0v) is 20.4. The first-order valence-electron chi connectivity index (χ1n) is 11.9. The molecule has 0 radical (unpaired) electrons. The number of aryl methyl sites for hydroxylation is 5. The van der Waals surface area contributed by atoms with Gasteiger partial charge in [-0.2, -0.15) is 0 Å². The third-order valence-electron chi connectivity index (χ3n) is 6.64. The van der Waals surface area contributed by atoms with Gasteiger partial charge in [0, 0.05) is 0 Å². The van der Waals surface area contributed by atoms with Crippen molar-refractivity contribution < 1.29 is 4.74 Å². The van der Waals surface area contributed by atoms with Gasteiger partial charge >= 0.3 is 0 Å². The topological polar surface area (TPSA) is 9.23 Å². The van der Waals surface area contributed by atoms with E-state index in [0.29, 0.717) is 6.61 Å². The van der Waals surface area contributed by atoms with Gasteiger partial charge in [-0.25, -0.2) is 0 Å². The quantitative estimate of drug-likeness (QED) is 0.362. The van der Waals surface area contributed by atoms with Crippen molar-refractivity contribution in [1.82, 2.24) is 0 Å². The van der Waals surface area contributed by atoms with Crippen molar-refractivity contribution in [1.29, 1.82) is 0 Å². The maximum atomic E-state index is 6.36. The van der Waals surface area contributed by atoms with Gasteiger partial charge in [0.05, 0.1) is 0 Å². The normalized spacial score (nSPS) is 13.2. The van der Waals surface area contributed by atoms with Crippen LogP contribution in [0.25, 0.3) is 11.1 Å². The molecule has 3 aromatic rings. The number of hydrogen-bond donors (Lipinski definition) is 0. The van der Waals surface area contributed by atoms with Crippen molar-refractivity contribution in [2.24, 2.45) is 0 Å². The van der Waals surface area contributed by atoms with E-state index < -0.39 is 0 Å². The fraction of sp³-hybridized carbons (Fsp3) is 0.379. The Morgan fingerprint density at radius 1 is 0.871 bits per heavy atom. The lowest BCUT2D eigenvalue weighted by Crippen LogP contribution is -2.10. The van der Waals surface area contributed by atoms with Gasteiger partial charge in [0.1, 0.15) is 12.4 Å². The van der Waals surface area contributed by atoms with Crippen molar-refractivity contribution >= 4 is 14.5 Å². The van der Waals surface area contributed by atoms with Crippen molar-refractivity contribution in [3.63, 3.8) is 0 Å². The van der Waals surface area contributed by atoms with Gasteiger partial charge < -0.3 is 4.74 Å². The molecule has 0 fully saturated rings. The molecule has 1 unspecified atom stereocenters. The SMILES string of the molecule is CCCc1cc(OCc2cccc(-c3ccc4c(c3)CCCC4)c2P)c(C)cc1CC. The molecular weight excluding hydrogens is 395 g/mol. The summed E-state index contributed by atoms with van der Waals surface area (Å²) in [5.41, 5.74) is 11.0. The predicted octanol–water partition coefficient (Wildman–Crippen LogP) is 7.14. The highest BCUT2D eigenvalue weighted by Crippen LogP contribution is 2.29. The van der Waals surface area contributed by atoms with Crippen LogP contribution in [0.15, 0.2) is 48.5 Å². The van der Waals surface area contributed by atoms with Crippen LogP contribution in [0.1, 0.15) is 66.5 Å². The first-order valence-corrected chi connectivity index (χ1v) is 12.4. The van der Waals surface area contributed by atoms with Crippen LogP contribution in [-0.2, 0) is 32.3 Å². The Labute approximate surface area is 190 Å². The molecule has 0 N–H and O–H groups in total. The minimum absolute atomic E-state index is 0.593. The summed E-state index contributed by atoms with van der Waals surface area (Å²) in [6, 6.07) is 18.2. The Bertz CT molecular complexity index is 1070. The molecule has 1 aliphatic rings. The summed E-state index contributed by atoms with van der Waals surface area (Å²) in [4.78, 5) is 0. The van der Waals surface area contributed by atoms with E-state index >= 15 is 0 Å². The van der Waals surface area contributed by atoms with E-state index in [2.05, 4.69) is 78.5 Å². The summed E-state index contributed by atoms with van der Waals surface area (Å²) in [7, 11) is 2.97. The largest absolute Gasteiger partial charge is 0.489 e. The predicted molar refractivity (Wildman–Crippen MR) is 137 cm³/mol. The van der Waals surface area contributed by atoms with Crippen LogP contribution < -0.4 is 10.0 Å². The molecule has 0 saturated carbocycles. The maximum Gasteiger partial charge on any atom is 0.123 e. The minimum atomic E-state index is 0.593. The molecule has 0 bridgehead atoms. The first kappa shape index (κ1) is 22.1. The summed E-state index contributed by atoms with van der Waals surface area (Å²) in [5, 5.41) is 1.25. The minimum Gasteiger partial charge on any atom is -0.489 e. The standard InChI is InChI=1S/C29H35OP/c1-4-9-23-18-28(20(3)16-21(23)5-2)30-19-26-12-8-13-27(29(26)31)25-15-14-22-10-6-7-11-24(22)17-25/h8,12-18H,4-7,9-11,19,31H2,1-3H3. The summed E-state index contributed by atoms with van der Waals surface area (Å²) in [6.07, 6.45) is 8.44. The Kier molecular flexibility index (Phi) is 7.13. The fourth-order valence-electron chi connectivity index (χ4n) is 4.82. The number of rotatable bonds is 7. The average molecular weight is 431 g/mol. The molecule has 4 rings (SSSR count). The van der Waals surface area contributed by atoms with E-state index in [1.165, 1.54) is 75.5 Å².